The third kappa shape index (κ3) is 5.95. The van der Waals surface area contributed by atoms with E-state index in [1.165, 1.54) is 12.0 Å². The summed E-state index contributed by atoms with van der Waals surface area (Å²) in [6, 6.07) is 6.27. The molecule has 0 aliphatic rings. The van der Waals surface area contributed by atoms with Crippen molar-refractivity contribution in [3.8, 4) is 0 Å². The topological polar surface area (TPSA) is 12.0 Å². The van der Waals surface area contributed by atoms with Crippen LogP contribution in [0.25, 0.3) is 0 Å². The monoisotopic (exact) mass is 319 g/mol. The van der Waals surface area contributed by atoms with Gasteiger partial charge < -0.3 is 5.32 Å². The van der Waals surface area contributed by atoms with Gasteiger partial charge in [0.25, 0.3) is 0 Å². The van der Waals surface area contributed by atoms with Crippen LogP contribution < -0.4 is 5.32 Å². The van der Waals surface area contributed by atoms with Gasteiger partial charge in [-0.1, -0.05) is 50.0 Å². The van der Waals surface area contributed by atoms with E-state index in [2.05, 4.69) is 32.2 Å². The Labute approximate surface area is 131 Å². The van der Waals surface area contributed by atoms with Crippen LogP contribution in [0.3, 0.4) is 0 Å². The highest BCUT2D eigenvalue weighted by Gasteiger charge is 2.13. The fourth-order valence-corrected chi connectivity index (χ4v) is 3.07. The molecule has 19 heavy (non-hydrogen) atoms. The average molecular weight is 320 g/mol. The van der Waals surface area contributed by atoms with Crippen LogP contribution in [0.5, 0.6) is 0 Å². The molecule has 0 saturated heterocycles. The maximum Gasteiger partial charge on any atom is 0.0595 e. The molecule has 0 spiro atoms. The van der Waals surface area contributed by atoms with E-state index >= 15 is 0 Å². The van der Waals surface area contributed by atoms with Crippen molar-refractivity contribution in [3.63, 3.8) is 0 Å². The minimum absolute atomic E-state index is 0.341. The van der Waals surface area contributed by atoms with E-state index in [9.17, 15) is 0 Å². The fraction of sp³-hybridized carbons (Fsp3) is 0.600. The summed E-state index contributed by atoms with van der Waals surface area (Å²) in [7, 11) is 0. The standard InChI is InChI=1S/C15H23Cl2NS/c1-4-8-18-15(10-19-11(3)5-2)12-6-7-13(16)14(17)9-12/h6-7,9,11,15,18H,4-5,8,10H2,1-3H3. The lowest BCUT2D eigenvalue weighted by Gasteiger charge is -2.21. The molecule has 4 heteroatoms. The number of thioether (sulfide) groups is 1. The summed E-state index contributed by atoms with van der Waals surface area (Å²) < 4.78 is 0. The smallest absolute Gasteiger partial charge is 0.0595 e. The Bertz CT molecular complexity index is 384. The van der Waals surface area contributed by atoms with Crippen molar-refractivity contribution in [2.24, 2.45) is 0 Å². The molecule has 2 atom stereocenters. The van der Waals surface area contributed by atoms with Gasteiger partial charge in [0.15, 0.2) is 0 Å². The number of benzene rings is 1. The van der Waals surface area contributed by atoms with E-state index in [-0.39, 0.29) is 0 Å². The summed E-state index contributed by atoms with van der Waals surface area (Å²) in [5.41, 5.74) is 1.22. The first-order valence-electron chi connectivity index (χ1n) is 6.88. The van der Waals surface area contributed by atoms with Crippen molar-refractivity contribution in [1.82, 2.24) is 5.32 Å². The average Bonchev–Trinajstić information content (AvgIpc) is 2.42. The van der Waals surface area contributed by atoms with Crippen LogP contribution in [-0.4, -0.2) is 17.5 Å². The molecule has 1 N–H and O–H groups in total. The van der Waals surface area contributed by atoms with E-state index in [1.54, 1.807) is 0 Å². The highest BCUT2D eigenvalue weighted by atomic mass is 35.5. The van der Waals surface area contributed by atoms with Crippen molar-refractivity contribution >= 4 is 35.0 Å². The Kier molecular flexibility index (Phi) is 8.24. The maximum atomic E-state index is 6.12. The minimum Gasteiger partial charge on any atom is -0.309 e. The van der Waals surface area contributed by atoms with Crippen molar-refractivity contribution in [1.29, 1.82) is 0 Å². The second-order valence-corrected chi connectivity index (χ2v) is 7.02. The Morgan fingerprint density at radius 1 is 1.21 bits per heavy atom. The number of rotatable bonds is 8. The van der Waals surface area contributed by atoms with Crippen molar-refractivity contribution in [3.05, 3.63) is 33.8 Å². The van der Waals surface area contributed by atoms with Gasteiger partial charge in [-0.25, -0.2) is 0 Å². The zero-order chi connectivity index (χ0) is 14.3. The third-order valence-electron chi connectivity index (χ3n) is 3.11. The summed E-state index contributed by atoms with van der Waals surface area (Å²) in [6.45, 7) is 7.70. The predicted molar refractivity (Wildman–Crippen MR) is 89.7 cm³/mol. The van der Waals surface area contributed by atoms with Gasteiger partial charge in [-0.05, 0) is 37.1 Å². The van der Waals surface area contributed by atoms with Crippen LogP contribution in [0.2, 0.25) is 10.0 Å². The summed E-state index contributed by atoms with van der Waals surface area (Å²) in [5, 5.41) is 5.53. The molecule has 0 aliphatic carbocycles. The lowest BCUT2D eigenvalue weighted by Crippen LogP contribution is -2.24. The second-order valence-electron chi connectivity index (χ2n) is 4.73. The van der Waals surface area contributed by atoms with Gasteiger partial charge in [-0.3, -0.25) is 0 Å². The van der Waals surface area contributed by atoms with Crippen molar-refractivity contribution < 1.29 is 0 Å². The molecule has 0 fully saturated rings. The van der Waals surface area contributed by atoms with Crippen molar-refractivity contribution in [2.75, 3.05) is 12.3 Å². The predicted octanol–water partition coefficient (Wildman–Crippen LogP) is 5.57. The molecule has 0 saturated carbocycles. The summed E-state index contributed by atoms with van der Waals surface area (Å²) in [5.74, 6) is 1.06. The van der Waals surface area contributed by atoms with E-state index < -0.39 is 0 Å². The fourth-order valence-electron chi connectivity index (χ4n) is 1.70. The zero-order valence-corrected chi connectivity index (χ0v) is 14.2. The maximum absolute atomic E-state index is 6.12. The van der Waals surface area contributed by atoms with Gasteiger partial charge in [0.1, 0.15) is 0 Å². The first-order valence-corrected chi connectivity index (χ1v) is 8.68. The summed E-state index contributed by atoms with van der Waals surface area (Å²) in [6.07, 6.45) is 2.33. The highest BCUT2D eigenvalue weighted by Crippen LogP contribution is 2.28. The third-order valence-corrected chi connectivity index (χ3v) is 5.28. The lowest BCUT2D eigenvalue weighted by atomic mass is 10.1. The van der Waals surface area contributed by atoms with Crippen LogP contribution in [0.1, 0.15) is 45.2 Å². The van der Waals surface area contributed by atoms with Crippen LogP contribution in [0, 0.1) is 0 Å². The number of nitrogens with one attached hydrogen (secondary N) is 1. The Morgan fingerprint density at radius 3 is 2.53 bits per heavy atom. The van der Waals surface area contributed by atoms with Crippen molar-refractivity contribution in [2.45, 2.75) is 44.9 Å². The van der Waals surface area contributed by atoms with E-state index in [0.29, 0.717) is 21.3 Å². The summed E-state index contributed by atoms with van der Waals surface area (Å²) in [4.78, 5) is 0. The normalized spacial score (nSPS) is 14.4. The molecule has 1 rings (SSSR count). The molecule has 1 aromatic rings. The van der Waals surface area contributed by atoms with Gasteiger partial charge in [0, 0.05) is 17.0 Å². The molecule has 0 radical (unpaired) electrons. The van der Waals surface area contributed by atoms with Crippen LogP contribution in [0.15, 0.2) is 18.2 Å². The van der Waals surface area contributed by atoms with Gasteiger partial charge >= 0.3 is 0 Å². The Morgan fingerprint density at radius 2 is 1.95 bits per heavy atom. The lowest BCUT2D eigenvalue weighted by molar-refractivity contribution is 0.577. The minimum atomic E-state index is 0.341. The SMILES string of the molecule is CCCNC(CSC(C)CC)c1ccc(Cl)c(Cl)c1. The molecular weight excluding hydrogens is 297 g/mol. The molecule has 1 aromatic carbocycles. The first kappa shape index (κ1) is 17.2. The molecule has 0 amide bonds. The first-order chi connectivity index (χ1) is 9.08. The molecule has 0 heterocycles. The largest absolute Gasteiger partial charge is 0.309 e. The van der Waals surface area contributed by atoms with E-state index in [0.717, 1.165) is 18.7 Å². The number of hydrogen-bond acceptors (Lipinski definition) is 2. The molecule has 108 valence electrons. The molecule has 2 unspecified atom stereocenters. The molecule has 0 aliphatic heterocycles. The van der Waals surface area contributed by atoms with Gasteiger partial charge in [-0.15, -0.1) is 0 Å². The molecule has 0 aromatic heterocycles. The quantitative estimate of drug-likeness (QED) is 0.672. The summed E-state index contributed by atoms with van der Waals surface area (Å²) >= 11 is 14.1. The molecule has 0 bridgehead atoms. The Balaban J connectivity index is 2.73. The van der Waals surface area contributed by atoms with Crippen LogP contribution in [-0.2, 0) is 0 Å². The van der Waals surface area contributed by atoms with Crippen LogP contribution in [0.4, 0.5) is 0 Å². The number of halogens is 2. The van der Waals surface area contributed by atoms with Gasteiger partial charge in [0.2, 0.25) is 0 Å². The van der Waals surface area contributed by atoms with E-state index in [4.69, 9.17) is 23.2 Å². The Hall–Kier alpha value is 0.110. The number of hydrogen-bond donors (Lipinski definition) is 1. The van der Waals surface area contributed by atoms with E-state index in [1.807, 2.05) is 23.9 Å². The zero-order valence-electron chi connectivity index (χ0n) is 11.9. The second kappa shape index (κ2) is 9.12. The molecule has 1 nitrogen and oxygen atoms in total. The van der Waals surface area contributed by atoms with Crippen LogP contribution >= 0.6 is 35.0 Å². The highest BCUT2D eigenvalue weighted by molar-refractivity contribution is 7.99. The van der Waals surface area contributed by atoms with Gasteiger partial charge in [-0.2, -0.15) is 11.8 Å². The molecular formula is C15H23Cl2NS. The van der Waals surface area contributed by atoms with Gasteiger partial charge in [0.05, 0.1) is 10.0 Å².